The molecule has 0 saturated heterocycles. The fraction of sp³-hybridized carbons (Fsp3) is 0.833. The number of hydrogen-bond donors (Lipinski definition) is 0. The molecule has 10 heavy (non-hydrogen) atoms. The lowest BCUT2D eigenvalue weighted by Gasteiger charge is -2.12. The van der Waals surface area contributed by atoms with Gasteiger partial charge in [-0.1, -0.05) is 0 Å². The van der Waals surface area contributed by atoms with Crippen molar-refractivity contribution in [3.63, 3.8) is 0 Å². The topological polar surface area (TPSA) is 27.7 Å². The maximum atomic E-state index is 5.12. The van der Waals surface area contributed by atoms with E-state index in [2.05, 4.69) is 0 Å². The summed E-state index contributed by atoms with van der Waals surface area (Å²) < 4.78 is 15.0. The highest BCUT2D eigenvalue weighted by Gasteiger charge is 2.07. The van der Waals surface area contributed by atoms with Gasteiger partial charge in [-0.3, -0.25) is 0 Å². The molecule has 0 unspecified atom stereocenters. The summed E-state index contributed by atoms with van der Waals surface area (Å²) in [5.41, 5.74) is 0. The summed E-state index contributed by atoms with van der Waals surface area (Å²) in [4.78, 5) is 0. The summed E-state index contributed by atoms with van der Waals surface area (Å²) in [7, 11) is -1.19. The van der Waals surface area contributed by atoms with Crippen LogP contribution in [-0.4, -0.2) is 19.8 Å². The van der Waals surface area contributed by atoms with Crippen molar-refractivity contribution in [2.45, 2.75) is 13.8 Å². The first-order chi connectivity index (χ1) is 4.85. The van der Waals surface area contributed by atoms with E-state index in [0.717, 1.165) is 0 Å². The van der Waals surface area contributed by atoms with E-state index < -0.39 is 8.60 Å². The van der Waals surface area contributed by atoms with Crippen molar-refractivity contribution >= 4 is 8.60 Å². The van der Waals surface area contributed by atoms with Crippen LogP contribution in [0.4, 0.5) is 0 Å². The second-order valence-electron chi connectivity index (χ2n) is 1.35. The van der Waals surface area contributed by atoms with Gasteiger partial charge in [0.2, 0.25) is 0 Å². The summed E-state index contributed by atoms with van der Waals surface area (Å²) in [5.74, 6) is 0. The molecule has 0 aliphatic rings. The van der Waals surface area contributed by atoms with Gasteiger partial charge in [-0.05, 0) is 20.8 Å². The zero-order valence-corrected chi connectivity index (χ0v) is 7.27. The standard InChI is InChI=1S/C6H13O3P/c1-4-7-10(8-5-2)9-6-3/h1H,4-6H2,2-3H3. The van der Waals surface area contributed by atoms with Crippen LogP contribution in [0.15, 0.2) is 0 Å². The maximum absolute atomic E-state index is 5.12. The van der Waals surface area contributed by atoms with Crippen LogP contribution in [0.3, 0.4) is 0 Å². The Morgan fingerprint density at radius 3 is 1.90 bits per heavy atom. The Morgan fingerprint density at radius 2 is 1.60 bits per heavy atom. The van der Waals surface area contributed by atoms with Crippen LogP contribution in [0.1, 0.15) is 13.8 Å². The lowest BCUT2D eigenvalue weighted by Crippen LogP contribution is -1.94. The van der Waals surface area contributed by atoms with E-state index in [4.69, 9.17) is 20.5 Å². The molecule has 0 rings (SSSR count). The molecule has 0 aromatic carbocycles. The van der Waals surface area contributed by atoms with Crippen LogP contribution >= 0.6 is 8.60 Å². The van der Waals surface area contributed by atoms with Gasteiger partial charge in [0.15, 0.2) is 0 Å². The van der Waals surface area contributed by atoms with Gasteiger partial charge in [0.25, 0.3) is 0 Å². The van der Waals surface area contributed by atoms with Crippen molar-refractivity contribution in [2.75, 3.05) is 19.8 Å². The molecule has 0 spiro atoms. The highest BCUT2D eigenvalue weighted by molar-refractivity contribution is 7.41. The van der Waals surface area contributed by atoms with E-state index in [9.17, 15) is 0 Å². The van der Waals surface area contributed by atoms with Crippen LogP contribution in [0.2, 0.25) is 0 Å². The summed E-state index contributed by atoms with van der Waals surface area (Å²) in [6, 6.07) is 0. The van der Waals surface area contributed by atoms with E-state index in [0.29, 0.717) is 13.2 Å². The summed E-state index contributed by atoms with van der Waals surface area (Å²) in [5, 5.41) is 0. The minimum atomic E-state index is -1.19. The Bertz CT molecular complexity index is 55.7. The average molecular weight is 164 g/mol. The molecule has 60 valence electrons. The van der Waals surface area contributed by atoms with Gasteiger partial charge in [0.1, 0.15) is 0 Å². The molecule has 0 aliphatic heterocycles. The zero-order chi connectivity index (χ0) is 7.82. The first-order valence-electron chi connectivity index (χ1n) is 3.24. The van der Waals surface area contributed by atoms with Gasteiger partial charge < -0.3 is 13.6 Å². The molecule has 3 nitrogen and oxygen atoms in total. The molecule has 0 fully saturated rings. The first-order valence-corrected chi connectivity index (χ1v) is 4.33. The molecular formula is C6H13O3P. The van der Waals surface area contributed by atoms with E-state index >= 15 is 0 Å². The van der Waals surface area contributed by atoms with Crippen LogP contribution in [0.25, 0.3) is 0 Å². The van der Waals surface area contributed by atoms with E-state index in [1.165, 1.54) is 0 Å². The van der Waals surface area contributed by atoms with Crippen molar-refractivity contribution < 1.29 is 13.6 Å². The lowest BCUT2D eigenvalue weighted by atomic mass is 10.9. The van der Waals surface area contributed by atoms with Gasteiger partial charge in [-0.2, -0.15) is 0 Å². The normalized spacial score (nSPS) is 10.8. The molecule has 2 radical (unpaired) electrons. The maximum Gasteiger partial charge on any atom is 0.332 e. The van der Waals surface area contributed by atoms with Crippen LogP contribution in [0.5, 0.6) is 0 Å². The van der Waals surface area contributed by atoms with Crippen LogP contribution in [0, 0.1) is 6.92 Å². The third-order valence-electron chi connectivity index (χ3n) is 0.649. The molecule has 0 saturated carbocycles. The third kappa shape index (κ3) is 5.12. The molecule has 0 aromatic rings. The molecule has 0 atom stereocenters. The highest BCUT2D eigenvalue weighted by Crippen LogP contribution is 2.38. The predicted molar refractivity (Wildman–Crippen MR) is 40.4 cm³/mol. The van der Waals surface area contributed by atoms with Crippen molar-refractivity contribution in [1.29, 1.82) is 0 Å². The zero-order valence-electron chi connectivity index (χ0n) is 6.37. The summed E-state index contributed by atoms with van der Waals surface area (Å²) >= 11 is 0. The van der Waals surface area contributed by atoms with Gasteiger partial charge in [-0.15, -0.1) is 0 Å². The van der Waals surface area contributed by atoms with Crippen molar-refractivity contribution in [3.8, 4) is 0 Å². The Labute approximate surface area is 63.7 Å². The minimum Gasteiger partial charge on any atom is -0.313 e. The smallest absolute Gasteiger partial charge is 0.313 e. The van der Waals surface area contributed by atoms with E-state index in [-0.39, 0.29) is 6.61 Å². The van der Waals surface area contributed by atoms with Gasteiger partial charge in [0.05, 0.1) is 19.8 Å². The average Bonchev–Trinajstić information content (AvgIpc) is 1.90. The highest BCUT2D eigenvalue weighted by atomic mass is 31.2. The number of hydrogen-bond acceptors (Lipinski definition) is 3. The molecule has 4 heteroatoms. The molecule has 0 aliphatic carbocycles. The molecule has 0 heterocycles. The minimum absolute atomic E-state index is 0.145. The Kier molecular flexibility index (Phi) is 7.65. The largest absolute Gasteiger partial charge is 0.332 e. The monoisotopic (exact) mass is 164 g/mol. The molecular weight excluding hydrogens is 151 g/mol. The van der Waals surface area contributed by atoms with E-state index in [1.54, 1.807) is 0 Å². The predicted octanol–water partition coefficient (Wildman–Crippen LogP) is 2.01. The number of rotatable bonds is 6. The Balaban J connectivity index is 3.30. The Hall–Kier alpha value is 0.310. The van der Waals surface area contributed by atoms with E-state index in [1.807, 2.05) is 13.8 Å². The van der Waals surface area contributed by atoms with Gasteiger partial charge in [0, 0.05) is 0 Å². The Morgan fingerprint density at radius 1 is 1.10 bits per heavy atom. The first kappa shape index (κ1) is 10.3. The molecule has 0 aromatic heterocycles. The van der Waals surface area contributed by atoms with Crippen LogP contribution in [-0.2, 0) is 13.6 Å². The molecule has 0 N–H and O–H groups in total. The quantitative estimate of drug-likeness (QED) is 0.562. The van der Waals surface area contributed by atoms with Gasteiger partial charge >= 0.3 is 8.60 Å². The lowest BCUT2D eigenvalue weighted by molar-refractivity contribution is 0.181. The summed E-state index contributed by atoms with van der Waals surface area (Å²) in [6.07, 6.45) is 0. The second-order valence-corrected chi connectivity index (χ2v) is 2.58. The second kappa shape index (κ2) is 7.42. The molecule has 0 amide bonds. The molecule has 0 bridgehead atoms. The third-order valence-corrected chi connectivity index (χ3v) is 1.95. The fourth-order valence-corrected chi connectivity index (χ4v) is 1.15. The SMILES string of the molecule is [CH]COP(OCC)OCC. The van der Waals surface area contributed by atoms with Crippen molar-refractivity contribution in [1.82, 2.24) is 0 Å². The van der Waals surface area contributed by atoms with Gasteiger partial charge in [-0.25, -0.2) is 0 Å². The van der Waals surface area contributed by atoms with Crippen molar-refractivity contribution in [2.24, 2.45) is 0 Å². The van der Waals surface area contributed by atoms with Crippen molar-refractivity contribution in [3.05, 3.63) is 6.92 Å². The fourth-order valence-electron chi connectivity index (χ4n) is 0.383. The summed E-state index contributed by atoms with van der Waals surface area (Å²) in [6.45, 7) is 10.2. The van der Waals surface area contributed by atoms with Crippen LogP contribution < -0.4 is 0 Å².